The zero-order valence-electron chi connectivity index (χ0n) is 11.5. The van der Waals surface area contributed by atoms with E-state index in [9.17, 15) is 5.11 Å². The van der Waals surface area contributed by atoms with Crippen molar-refractivity contribution in [3.63, 3.8) is 0 Å². The number of nitrogens with zero attached hydrogens (tertiary/aromatic N) is 1. The van der Waals surface area contributed by atoms with E-state index in [1.54, 1.807) is 0 Å². The molecule has 3 N–H and O–H groups in total. The molecule has 0 aromatic heterocycles. The first-order valence-corrected chi connectivity index (χ1v) is 7.40. The van der Waals surface area contributed by atoms with Gasteiger partial charge in [-0.2, -0.15) is 0 Å². The van der Waals surface area contributed by atoms with E-state index in [-0.39, 0.29) is 12.1 Å². The molecular weight excluding hydrogens is 236 g/mol. The van der Waals surface area contributed by atoms with Crippen LogP contribution in [0, 0.1) is 5.92 Å². The lowest BCUT2D eigenvalue weighted by molar-refractivity contribution is 0.143. The van der Waals surface area contributed by atoms with Crippen LogP contribution >= 0.6 is 0 Å². The van der Waals surface area contributed by atoms with Gasteiger partial charge in [-0.25, -0.2) is 0 Å². The summed E-state index contributed by atoms with van der Waals surface area (Å²) in [5.74, 6) is 0.487. The summed E-state index contributed by atoms with van der Waals surface area (Å²) in [7, 11) is 0. The molecule has 1 fully saturated rings. The number of aliphatic hydroxyl groups is 1. The molecule has 0 saturated heterocycles. The Balaban J connectivity index is 1.55. The fourth-order valence-corrected chi connectivity index (χ4v) is 3.71. The molecule has 1 aliphatic heterocycles. The summed E-state index contributed by atoms with van der Waals surface area (Å²) in [5, 5.41) is 9.49. The first kappa shape index (κ1) is 13.1. The zero-order valence-corrected chi connectivity index (χ0v) is 11.5. The van der Waals surface area contributed by atoms with E-state index in [0.717, 1.165) is 32.5 Å². The van der Waals surface area contributed by atoms with Crippen LogP contribution in [0.4, 0.5) is 0 Å². The summed E-state index contributed by atoms with van der Waals surface area (Å²) < 4.78 is 0. The van der Waals surface area contributed by atoms with Gasteiger partial charge in [0, 0.05) is 18.6 Å². The minimum absolute atomic E-state index is 0.137. The lowest BCUT2D eigenvalue weighted by Crippen LogP contribution is -2.47. The van der Waals surface area contributed by atoms with E-state index in [1.165, 1.54) is 24.0 Å². The van der Waals surface area contributed by atoms with Gasteiger partial charge in [0.1, 0.15) is 0 Å². The minimum Gasteiger partial charge on any atom is -0.394 e. The second kappa shape index (κ2) is 5.23. The lowest BCUT2D eigenvalue weighted by Gasteiger charge is -2.30. The third-order valence-electron chi connectivity index (χ3n) is 5.00. The van der Waals surface area contributed by atoms with Gasteiger partial charge < -0.3 is 10.8 Å². The monoisotopic (exact) mass is 260 g/mol. The number of rotatable bonds is 4. The van der Waals surface area contributed by atoms with Gasteiger partial charge in [-0.05, 0) is 42.9 Å². The maximum atomic E-state index is 9.49. The van der Waals surface area contributed by atoms with Gasteiger partial charge in [0.2, 0.25) is 0 Å². The minimum atomic E-state index is -0.313. The molecule has 3 rings (SSSR count). The van der Waals surface area contributed by atoms with Crippen LogP contribution in [0.15, 0.2) is 24.3 Å². The third kappa shape index (κ3) is 2.55. The Hall–Kier alpha value is -0.900. The van der Waals surface area contributed by atoms with Crippen molar-refractivity contribution < 1.29 is 5.11 Å². The molecule has 2 atom stereocenters. The smallest absolute Gasteiger partial charge is 0.0613 e. The summed E-state index contributed by atoms with van der Waals surface area (Å²) in [6.07, 6.45) is 4.44. The van der Waals surface area contributed by atoms with Gasteiger partial charge in [-0.3, -0.25) is 4.90 Å². The Bertz CT molecular complexity index is 423. The Morgan fingerprint density at radius 1 is 1.26 bits per heavy atom. The second-order valence-corrected chi connectivity index (χ2v) is 6.25. The van der Waals surface area contributed by atoms with Crippen molar-refractivity contribution in [2.45, 2.75) is 44.3 Å². The number of benzene rings is 1. The van der Waals surface area contributed by atoms with E-state index >= 15 is 0 Å². The Kier molecular flexibility index (Phi) is 3.61. The number of nitrogens with two attached hydrogens (primary N) is 1. The third-order valence-corrected chi connectivity index (χ3v) is 5.00. The highest BCUT2D eigenvalue weighted by molar-refractivity contribution is 5.30. The summed E-state index contributed by atoms with van der Waals surface area (Å²) in [4.78, 5) is 2.50. The van der Waals surface area contributed by atoms with Crippen LogP contribution in [-0.2, 0) is 13.1 Å². The molecule has 1 saturated carbocycles. The fourth-order valence-electron chi connectivity index (χ4n) is 3.71. The Morgan fingerprint density at radius 2 is 1.95 bits per heavy atom. The van der Waals surface area contributed by atoms with Crippen molar-refractivity contribution in [1.29, 1.82) is 0 Å². The molecule has 1 aliphatic carbocycles. The summed E-state index contributed by atoms with van der Waals surface area (Å²) >= 11 is 0. The number of hydrogen-bond donors (Lipinski definition) is 2. The molecule has 0 bridgehead atoms. The SMILES string of the molecule is NC1(CO)CCCC1CCN1Cc2ccccc2C1. The van der Waals surface area contributed by atoms with Crippen molar-refractivity contribution in [3.8, 4) is 0 Å². The molecule has 2 aliphatic rings. The molecule has 1 heterocycles. The van der Waals surface area contributed by atoms with Gasteiger partial charge in [-0.15, -0.1) is 0 Å². The molecule has 3 nitrogen and oxygen atoms in total. The number of aliphatic hydroxyl groups excluding tert-OH is 1. The van der Waals surface area contributed by atoms with Crippen LogP contribution < -0.4 is 5.73 Å². The molecule has 0 spiro atoms. The molecule has 1 aromatic rings. The van der Waals surface area contributed by atoms with Crippen molar-refractivity contribution in [2.24, 2.45) is 11.7 Å². The molecule has 0 radical (unpaired) electrons. The predicted molar refractivity (Wildman–Crippen MR) is 76.5 cm³/mol. The molecule has 1 aromatic carbocycles. The summed E-state index contributed by atoms with van der Waals surface area (Å²) in [5.41, 5.74) is 8.93. The fraction of sp³-hybridized carbons (Fsp3) is 0.625. The molecule has 19 heavy (non-hydrogen) atoms. The van der Waals surface area contributed by atoms with Crippen LogP contribution in [0.1, 0.15) is 36.8 Å². The van der Waals surface area contributed by atoms with Crippen LogP contribution in [-0.4, -0.2) is 28.7 Å². The average molecular weight is 260 g/mol. The lowest BCUT2D eigenvalue weighted by atomic mass is 9.86. The molecular formula is C16H24N2O. The topological polar surface area (TPSA) is 49.5 Å². The maximum absolute atomic E-state index is 9.49. The first-order valence-electron chi connectivity index (χ1n) is 7.40. The number of hydrogen-bond acceptors (Lipinski definition) is 3. The average Bonchev–Trinajstić information content (AvgIpc) is 3.00. The van der Waals surface area contributed by atoms with Crippen LogP contribution in [0.25, 0.3) is 0 Å². The van der Waals surface area contributed by atoms with Crippen molar-refractivity contribution >= 4 is 0 Å². The Morgan fingerprint density at radius 3 is 2.58 bits per heavy atom. The molecule has 3 heteroatoms. The molecule has 0 amide bonds. The molecule has 104 valence electrons. The van der Waals surface area contributed by atoms with E-state index in [4.69, 9.17) is 5.73 Å². The van der Waals surface area contributed by atoms with E-state index in [1.807, 2.05) is 0 Å². The van der Waals surface area contributed by atoms with Gasteiger partial charge in [0.25, 0.3) is 0 Å². The standard InChI is InChI=1S/C16H24N2O/c17-16(12-19)8-3-6-15(16)7-9-18-10-13-4-1-2-5-14(13)11-18/h1-2,4-5,15,19H,3,6-12,17H2. The van der Waals surface area contributed by atoms with Gasteiger partial charge in [-0.1, -0.05) is 30.7 Å². The van der Waals surface area contributed by atoms with Crippen molar-refractivity contribution in [1.82, 2.24) is 4.90 Å². The summed E-state index contributed by atoms with van der Waals surface area (Å²) in [6.45, 7) is 3.37. The van der Waals surface area contributed by atoms with Crippen LogP contribution in [0.5, 0.6) is 0 Å². The van der Waals surface area contributed by atoms with E-state index in [2.05, 4.69) is 29.2 Å². The van der Waals surface area contributed by atoms with Gasteiger partial charge in [0.05, 0.1) is 6.61 Å². The highest BCUT2D eigenvalue weighted by Crippen LogP contribution is 2.36. The maximum Gasteiger partial charge on any atom is 0.0613 e. The quantitative estimate of drug-likeness (QED) is 0.869. The van der Waals surface area contributed by atoms with Crippen LogP contribution in [0.2, 0.25) is 0 Å². The van der Waals surface area contributed by atoms with Crippen molar-refractivity contribution in [3.05, 3.63) is 35.4 Å². The van der Waals surface area contributed by atoms with Crippen molar-refractivity contribution in [2.75, 3.05) is 13.2 Å². The van der Waals surface area contributed by atoms with Crippen LogP contribution in [0.3, 0.4) is 0 Å². The normalized spacial score (nSPS) is 30.7. The van der Waals surface area contributed by atoms with Gasteiger partial charge >= 0.3 is 0 Å². The first-order chi connectivity index (χ1) is 9.21. The highest BCUT2D eigenvalue weighted by Gasteiger charge is 2.38. The number of fused-ring (bicyclic) bond motifs is 1. The predicted octanol–water partition coefficient (Wildman–Crippen LogP) is 1.88. The Labute approximate surface area is 115 Å². The van der Waals surface area contributed by atoms with Gasteiger partial charge in [0.15, 0.2) is 0 Å². The van der Waals surface area contributed by atoms with E-state index < -0.39 is 0 Å². The highest BCUT2D eigenvalue weighted by atomic mass is 16.3. The van der Waals surface area contributed by atoms with E-state index in [0.29, 0.717) is 5.92 Å². The summed E-state index contributed by atoms with van der Waals surface area (Å²) in [6, 6.07) is 8.70. The zero-order chi connectivity index (χ0) is 13.3. The second-order valence-electron chi connectivity index (χ2n) is 6.25. The molecule has 2 unspecified atom stereocenters. The largest absolute Gasteiger partial charge is 0.394 e.